The molecule has 2 aromatic rings. The standard InChI is InChI=1S/C11H6Cl3NOS/c12-6-1-5(2-7(15)3-6)10(16)8-4-9(13)17-11(8)14/h1-4H,15H2. The summed E-state index contributed by atoms with van der Waals surface area (Å²) in [6, 6.07) is 6.20. The Bertz CT molecular complexity index is 574. The normalized spacial score (nSPS) is 10.5. The van der Waals surface area contributed by atoms with Gasteiger partial charge in [0.15, 0.2) is 5.78 Å². The zero-order chi connectivity index (χ0) is 12.6. The molecule has 6 heteroatoms. The molecule has 0 unspecified atom stereocenters. The lowest BCUT2D eigenvalue weighted by Gasteiger charge is -2.02. The number of rotatable bonds is 2. The molecular formula is C11H6Cl3NOS. The number of anilines is 1. The summed E-state index contributed by atoms with van der Waals surface area (Å²) in [5, 5.41) is 0.408. The summed E-state index contributed by atoms with van der Waals surface area (Å²) < 4.78 is 0.826. The first kappa shape index (κ1) is 12.7. The maximum atomic E-state index is 12.1. The SMILES string of the molecule is Nc1cc(Cl)cc(C(=O)c2cc(Cl)sc2Cl)c1. The highest BCUT2D eigenvalue weighted by Crippen LogP contribution is 2.33. The van der Waals surface area contributed by atoms with Crippen LogP contribution in [-0.2, 0) is 0 Å². The van der Waals surface area contributed by atoms with E-state index in [2.05, 4.69) is 0 Å². The van der Waals surface area contributed by atoms with E-state index in [9.17, 15) is 4.79 Å². The molecule has 0 fully saturated rings. The van der Waals surface area contributed by atoms with E-state index in [1.807, 2.05) is 0 Å². The fourth-order valence-electron chi connectivity index (χ4n) is 1.39. The summed E-state index contributed by atoms with van der Waals surface area (Å²) in [4.78, 5) is 12.1. The van der Waals surface area contributed by atoms with Gasteiger partial charge in [0.2, 0.25) is 0 Å². The summed E-state index contributed by atoms with van der Waals surface area (Å²) in [5.41, 5.74) is 6.81. The number of thiophene rings is 1. The Morgan fingerprint density at radius 3 is 2.35 bits per heavy atom. The van der Waals surface area contributed by atoms with Gasteiger partial charge in [-0.25, -0.2) is 0 Å². The van der Waals surface area contributed by atoms with Gasteiger partial charge in [0.05, 0.1) is 9.90 Å². The monoisotopic (exact) mass is 305 g/mol. The van der Waals surface area contributed by atoms with Crippen molar-refractivity contribution in [2.24, 2.45) is 0 Å². The van der Waals surface area contributed by atoms with Gasteiger partial charge < -0.3 is 5.73 Å². The highest BCUT2D eigenvalue weighted by Gasteiger charge is 2.16. The molecule has 0 aliphatic carbocycles. The summed E-state index contributed by atoms with van der Waals surface area (Å²) in [5.74, 6) is -0.243. The molecule has 1 heterocycles. The van der Waals surface area contributed by atoms with Gasteiger partial charge in [-0.05, 0) is 24.3 Å². The largest absolute Gasteiger partial charge is 0.399 e. The summed E-state index contributed by atoms with van der Waals surface area (Å²) in [6.07, 6.45) is 0. The summed E-state index contributed by atoms with van der Waals surface area (Å²) in [7, 11) is 0. The molecule has 1 aromatic heterocycles. The third kappa shape index (κ3) is 2.75. The molecule has 2 N–H and O–H groups in total. The third-order valence-corrected chi connectivity index (χ3v) is 3.79. The minimum Gasteiger partial charge on any atom is -0.399 e. The van der Waals surface area contributed by atoms with E-state index < -0.39 is 0 Å². The molecule has 17 heavy (non-hydrogen) atoms. The number of carbonyl (C=O) groups excluding carboxylic acids is 1. The average Bonchev–Trinajstić information content (AvgIpc) is 2.55. The Morgan fingerprint density at radius 2 is 1.82 bits per heavy atom. The van der Waals surface area contributed by atoms with Gasteiger partial charge in [-0.15, -0.1) is 11.3 Å². The first-order valence-corrected chi connectivity index (χ1v) is 6.48. The van der Waals surface area contributed by atoms with Gasteiger partial charge in [-0.3, -0.25) is 4.79 Å². The van der Waals surface area contributed by atoms with Crippen LogP contribution in [0.3, 0.4) is 0 Å². The van der Waals surface area contributed by atoms with Gasteiger partial charge in [-0.1, -0.05) is 34.8 Å². The predicted molar refractivity (Wildman–Crippen MR) is 73.6 cm³/mol. The topological polar surface area (TPSA) is 43.1 Å². The number of hydrogen-bond donors (Lipinski definition) is 1. The Morgan fingerprint density at radius 1 is 1.12 bits per heavy atom. The van der Waals surface area contributed by atoms with Crippen molar-refractivity contribution in [2.45, 2.75) is 0 Å². The van der Waals surface area contributed by atoms with Crippen LogP contribution in [0, 0.1) is 0 Å². The number of carbonyl (C=O) groups is 1. The molecule has 0 saturated carbocycles. The van der Waals surface area contributed by atoms with Crippen molar-refractivity contribution < 1.29 is 4.79 Å². The van der Waals surface area contributed by atoms with Gasteiger partial charge in [0, 0.05) is 16.3 Å². The zero-order valence-corrected chi connectivity index (χ0v) is 11.4. The van der Waals surface area contributed by atoms with Crippen LogP contribution in [0.15, 0.2) is 24.3 Å². The second kappa shape index (κ2) is 4.86. The van der Waals surface area contributed by atoms with E-state index in [4.69, 9.17) is 40.5 Å². The Kier molecular flexibility index (Phi) is 3.64. The fraction of sp³-hybridized carbons (Fsp3) is 0. The molecule has 2 rings (SSSR count). The molecule has 1 aromatic carbocycles. The van der Waals surface area contributed by atoms with Gasteiger partial charge >= 0.3 is 0 Å². The maximum Gasteiger partial charge on any atom is 0.195 e. The predicted octanol–water partition coefficient (Wildman–Crippen LogP) is 4.52. The molecule has 0 aliphatic heterocycles. The molecule has 0 bridgehead atoms. The fourth-order valence-corrected chi connectivity index (χ4v) is 3.10. The van der Waals surface area contributed by atoms with E-state index in [0.717, 1.165) is 11.3 Å². The maximum absolute atomic E-state index is 12.1. The van der Waals surface area contributed by atoms with Crippen molar-refractivity contribution in [3.63, 3.8) is 0 Å². The van der Waals surface area contributed by atoms with E-state index in [0.29, 0.717) is 30.5 Å². The molecule has 0 saturated heterocycles. The van der Waals surface area contributed by atoms with E-state index in [1.165, 1.54) is 6.07 Å². The zero-order valence-electron chi connectivity index (χ0n) is 8.34. The van der Waals surface area contributed by atoms with Crippen LogP contribution < -0.4 is 5.73 Å². The number of benzene rings is 1. The molecule has 0 atom stereocenters. The van der Waals surface area contributed by atoms with Crippen molar-refractivity contribution in [3.8, 4) is 0 Å². The summed E-state index contributed by atoms with van der Waals surface area (Å²) >= 11 is 18.7. The first-order valence-electron chi connectivity index (χ1n) is 4.53. The van der Waals surface area contributed by atoms with E-state index >= 15 is 0 Å². The summed E-state index contributed by atoms with van der Waals surface area (Å²) in [6.45, 7) is 0. The van der Waals surface area contributed by atoms with Crippen molar-refractivity contribution in [3.05, 3.63) is 49.1 Å². The highest BCUT2D eigenvalue weighted by atomic mass is 35.5. The quantitative estimate of drug-likeness (QED) is 0.654. The number of halogens is 3. The van der Waals surface area contributed by atoms with Gasteiger partial charge in [0.1, 0.15) is 4.34 Å². The lowest BCUT2D eigenvalue weighted by atomic mass is 10.1. The van der Waals surface area contributed by atoms with Crippen LogP contribution in [0.25, 0.3) is 0 Å². The molecule has 0 spiro atoms. The average molecular weight is 307 g/mol. The Labute approximate surface area is 117 Å². The Balaban J connectivity index is 2.47. The third-order valence-electron chi connectivity index (χ3n) is 2.08. The highest BCUT2D eigenvalue weighted by molar-refractivity contribution is 7.20. The van der Waals surface area contributed by atoms with E-state index in [1.54, 1.807) is 18.2 Å². The van der Waals surface area contributed by atoms with Crippen LogP contribution in [0.2, 0.25) is 13.7 Å². The molecule has 2 nitrogen and oxygen atoms in total. The second-order valence-corrected chi connectivity index (χ2v) is 6.06. The van der Waals surface area contributed by atoms with Crippen molar-refractivity contribution >= 4 is 57.6 Å². The van der Waals surface area contributed by atoms with Crippen LogP contribution in [-0.4, -0.2) is 5.78 Å². The molecule has 88 valence electrons. The van der Waals surface area contributed by atoms with Crippen molar-refractivity contribution in [1.29, 1.82) is 0 Å². The number of nitrogens with two attached hydrogens (primary N) is 1. The number of ketones is 1. The lowest BCUT2D eigenvalue weighted by molar-refractivity contribution is 0.103. The van der Waals surface area contributed by atoms with Crippen LogP contribution in [0.5, 0.6) is 0 Å². The van der Waals surface area contributed by atoms with Gasteiger partial charge in [0.25, 0.3) is 0 Å². The minimum atomic E-state index is -0.243. The lowest BCUT2D eigenvalue weighted by Crippen LogP contribution is -2.01. The van der Waals surface area contributed by atoms with Crippen LogP contribution >= 0.6 is 46.1 Å². The Hall–Kier alpha value is -0.740. The second-order valence-electron chi connectivity index (χ2n) is 3.34. The van der Waals surface area contributed by atoms with Gasteiger partial charge in [-0.2, -0.15) is 0 Å². The van der Waals surface area contributed by atoms with Crippen molar-refractivity contribution in [2.75, 3.05) is 5.73 Å². The number of hydrogen-bond acceptors (Lipinski definition) is 3. The molecule has 0 aliphatic rings. The van der Waals surface area contributed by atoms with Crippen LogP contribution in [0.4, 0.5) is 5.69 Å². The molecular weight excluding hydrogens is 301 g/mol. The molecule has 0 radical (unpaired) electrons. The van der Waals surface area contributed by atoms with Crippen molar-refractivity contribution in [1.82, 2.24) is 0 Å². The van der Waals surface area contributed by atoms with Crippen LogP contribution in [0.1, 0.15) is 15.9 Å². The number of nitrogen functional groups attached to an aromatic ring is 1. The van der Waals surface area contributed by atoms with E-state index in [-0.39, 0.29) is 5.78 Å². The minimum absolute atomic E-state index is 0.243. The molecule has 0 amide bonds. The first-order chi connectivity index (χ1) is 7.97. The smallest absolute Gasteiger partial charge is 0.195 e.